The zero-order chi connectivity index (χ0) is 14.8. The quantitative estimate of drug-likeness (QED) is 0.795. The number of ether oxygens (including phenoxy) is 4. The van der Waals surface area contributed by atoms with Gasteiger partial charge in [-0.15, -0.1) is 0 Å². The number of benzene rings is 1. The van der Waals surface area contributed by atoms with E-state index in [1.165, 1.54) is 0 Å². The maximum Gasteiger partial charge on any atom is 0.224 e. The standard InChI is InChI=1S/C16H17NO4/c1-16(2)14-13(20-14)10-12(19-4)8-6-5-7-9(18-3)11(8)17-15(10)21-16/h5-7,13-14H,1-4H3/t13-,14-/m0/s1. The molecule has 2 aromatic rings. The monoisotopic (exact) mass is 287 g/mol. The van der Waals surface area contributed by atoms with Gasteiger partial charge in [0.15, 0.2) is 0 Å². The largest absolute Gasteiger partial charge is 0.495 e. The van der Waals surface area contributed by atoms with E-state index in [0.29, 0.717) is 11.6 Å². The third kappa shape index (κ3) is 1.64. The lowest BCUT2D eigenvalue weighted by Crippen LogP contribution is -2.38. The second-order valence-corrected chi connectivity index (χ2v) is 5.90. The van der Waals surface area contributed by atoms with Gasteiger partial charge < -0.3 is 18.9 Å². The first-order valence-corrected chi connectivity index (χ1v) is 6.96. The van der Waals surface area contributed by atoms with E-state index >= 15 is 0 Å². The molecule has 0 unspecified atom stereocenters. The van der Waals surface area contributed by atoms with Crippen LogP contribution in [0, 0.1) is 0 Å². The van der Waals surface area contributed by atoms with E-state index in [2.05, 4.69) is 4.98 Å². The Morgan fingerprint density at radius 2 is 2.00 bits per heavy atom. The normalized spacial score (nSPS) is 24.8. The Bertz CT molecular complexity index is 741. The Morgan fingerprint density at radius 1 is 1.19 bits per heavy atom. The molecule has 2 aliphatic rings. The highest BCUT2D eigenvalue weighted by molar-refractivity contribution is 5.92. The predicted molar refractivity (Wildman–Crippen MR) is 77.2 cm³/mol. The van der Waals surface area contributed by atoms with Crippen LogP contribution in [0.4, 0.5) is 0 Å². The molecule has 0 radical (unpaired) electrons. The Hall–Kier alpha value is -2.01. The molecule has 5 nitrogen and oxygen atoms in total. The van der Waals surface area contributed by atoms with Crippen molar-refractivity contribution < 1.29 is 18.9 Å². The fourth-order valence-electron chi connectivity index (χ4n) is 3.11. The highest BCUT2D eigenvalue weighted by atomic mass is 16.6. The Balaban J connectivity index is 2.04. The van der Waals surface area contributed by atoms with Crippen LogP contribution in [0.5, 0.6) is 17.4 Å². The summed E-state index contributed by atoms with van der Waals surface area (Å²) < 4.78 is 22.9. The molecule has 2 atom stereocenters. The minimum Gasteiger partial charge on any atom is -0.495 e. The zero-order valence-corrected chi connectivity index (χ0v) is 12.5. The molecular weight excluding hydrogens is 270 g/mol. The number of rotatable bonds is 2. The molecule has 1 saturated heterocycles. The van der Waals surface area contributed by atoms with Gasteiger partial charge in [0, 0.05) is 5.39 Å². The van der Waals surface area contributed by atoms with Crippen molar-refractivity contribution in [3.8, 4) is 17.4 Å². The summed E-state index contributed by atoms with van der Waals surface area (Å²) in [5.74, 6) is 2.04. The van der Waals surface area contributed by atoms with Crippen LogP contribution >= 0.6 is 0 Å². The van der Waals surface area contributed by atoms with Crippen LogP contribution in [0.2, 0.25) is 0 Å². The Morgan fingerprint density at radius 3 is 2.71 bits per heavy atom. The van der Waals surface area contributed by atoms with Gasteiger partial charge in [0.2, 0.25) is 5.88 Å². The van der Waals surface area contributed by atoms with E-state index in [1.54, 1.807) is 14.2 Å². The molecule has 2 aliphatic heterocycles. The number of epoxide rings is 1. The van der Waals surface area contributed by atoms with Gasteiger partial charge in [-0.2, -0.15) is 0 Å². The van der Waals surface area contributed by atoms with Crippen LogP contribution in [0.3, 0.4) is 0 Å². The molecule has 0 N–H and O–H groups in total. The summed E-state index contributed by atoms with van der Waals surface area (Å²) in [7, 11) is 3.29. The zero-order valence-electron chi connectivity index (χ0n) is 12.5. The highest BCUT2D eigenvalue weighted by Gasteiger charge is 2.58. The van der Waals surface area contributed by atoms with Crippen LogP contribution in [-0.2, 0) is 4.74 Å². The molecule has 1 fully saturated rings. The number of nitrogens with zero attached hydrogens (tertiary/aromatic N) is 1. The van der Waals surface area contributed by atoms with E-state index in [0.717, 1.165) is 22.2 Å². The minimum absolute atomic E-state index is 0.00167. The van der Waals surface area contributed by atoms with Crippen molar-refractivity contribution >= 4 is 10.9 Å². The van der Waals surface area contributed by atoms with Crippen LogP contribution < -0.4 is 14.2 Å². The molecule has 0 spiro atoms. The van der Waals surface area contributed by atoms with E-state index in [1.807, 2.05) is 32.0 Å². The van der Waals surface area contributed by atoms with Gasteiger partial charge in [-0.25, -0.2) is 4.98 Å². The van der Waals surface area contributed by atoms with Crippen LogP contribution in [-0.4, -0.2) is 30.9 Å². The van der Waals surface area contributed by atoms with Gasteiger partial charge in [0.05, 0.1) is 19.8 Å². The lowest BCUT2D eigenvalue weighted by atomic mass is 9.94. The summed E-state index contributed by atoms with van der Waals surface area (Å²) >= 11 is 0. The third-order valence-corrected chi connectivity index (χ3v) is 4.18. The molecular formula is C16H17NO4. The lowest BCUT2D eigenvalue weighted by Gasteiger charge is -2.29. The molecule has 0 saturated carbocycles. The van der Waals surface area contributed by atoms with Crippen molar-refractivity contribution in [2.24, 2.45) is 0 Å². The number of pyridine rings is 1. The molecule has 0 aliphatic carbocycles. The van der Waals surface area contributed by atoms with Gasteiger partial charge >= 0.3 is 0 Å². The van der Waals surface area contributed by atoms with Crippen LogP contribution in [0.1, 0.15) is 25.5 Å². The molecule has 1 aromatic carbocycles. The molecule has 4 rings (SSSR count). The van der Waals surface area contributed by atoms with Gasteiger partial charge in [-0.1, -0.05) is 6.07 Å². The number of hydrogen-bond donors (Lipinski definition) is 0. The molecule has 0 amide bonds. The summed E-state index contributed by atoms with van der Waals surface area (Å²) in [5.41, 5.74) is 1.26. The first kappa shape index (κ1) is 12.7. The van der Waals surface area contributed by atoms with Crippen molar-refractivity contribution in [1.82, 2.24) is 4.98 Å². The average Bonchev–Trinajstić information content (AvgIpc) is 3.25. The average molecular weight is 287 g/mol. The Kier molecular flexibility index (Phi) is 2.43. The Labute approximate surface area is 122 Å². The second kappa shape index (κ2) is 4.01. The van der Waals surface area contributed by atoms with Gasteiger partial charge in [0.25, 0.3) is 0 Å². The third-order valence-electron chi connectivity index (χ3n) is 4.18. The molecule has 3 heterocycles. The minimum atomic E-state index is -0.384. The SMILES string of the molecule is COc1c2c(nc3c(OC)cccc13)OC(C)(C)[C@H]1O[C@@H]21. The van der Waals surface area contributed by atoms with Gasteiger partial charge in [0.1, 0.15) is 34.8 Å². The van der Waals surface area contributed by atoms with E-state index in [4.69, 9.17) is 18.9 Å². The number of para-hydroxylation sites is 1. The van der Waals surface area contributed by atoms with Crippen LogP contribution in [0.25, 0.3) is 10.9 Å². The summed E-state index contributed by atoms with van der Waals surface area (Å²) in [6, 6.07) is 5.78. The number of aromatic nitrogens is 1. The van der Waals surface area contributed by atoms with E-state index < -0.39 is 0 Å². The van der Waals surface area contributed by atoms with Gasteiger partial charge in [-0.3, -0.25) is 0 Å². The fraction of sp³-hybridized carbons (Fsp3) is 0.438. The van der Waals surface area contributed by atoms with Crippen molar-refractivity contribution in [3.63, 3.8) is 0 Å². The molecule has 1 aromatic heterocycles. The maximum atomic E-state index is 6.05. The van der Waals surface area contributed by atoms with E-state index in [-0.39, 0.29) is 17.8 Å². The van der Waals surface area contributed by atoms with Crippen molar-refractivity contribution in [2.75, 3.05) is 14.2 Å². The van der Waals surface area contributed by atoms with Crippen LogP contribution in [0.15, 0.2) is 18.2 Å². The first-order chi connectivity index (χ1) is 10.1. The lowest BCUT2D eigenvalue weighted by molar-refractivity contribution is 0.0673. The number of methoxy groups -OCH3 is 2. The summed E-state index contributed by atoms with van der Waals surface area (Å²) in [4.78, 5) is 4.66. The fourth-order valence-corrected chi connectivity index (χ4v) is 3.11. The number of fused-ring (bicyclic) bond motifs is 4. The maximum absolute atomic E-state index is 6.05. The smallest absolute Gasteiger partial charge is 0.224 e. The van der Waals surface area contributed by atoms with Crippen molar-refractivity contribution in [3.05, 3.63) is 23.8 Å². The van der Waals surface area contributed by atoms with E-state index in [9.17, 15) is 0 Å². The topological polar surface area (TPSA) is 53.1 Å². The summed E-state index contributed by atoms with van der Waals surface area (Å²) in [6.45, 7) is 4.03. The second-order valence-electron chi connectivity index (χ2n) is 5.90. The molecule has 110 valence electrons. The first-order valence-electron chi connectivity index (χ1n) is 6.96. The van der Waals surface area contributed by atoms with Crippen molar-refractivity contribution in [1.29, 1.82) is 0 Å². The number of hydrogen-bond acceptors (Lipinski definition) is 5. The molecule has 5 heteroatoms. The van der Waals surface area contributed by atoms with Gasteiger partial charge in [-0.05, 0) is 26.0 Å². The highest BCUT2D eigenvalue weighted by Crippen LogP contribution is 2.57. The summed E-state index contributed by atoms with van der Waals surface area (Å²) in [6.07, 6.45) is 0.0607. The molecule has 21 heavy (non-hydrogen) atoms. The molecule has 0 bridgehead atoms. The van der Waals surface area contributed by atoms with Crippen molar-refractivity contribution in [2.45, 2.75) is 31.7 Å². The summed E-state index contributed by atoms with van der Waals surface area (Å²) in [5, 5.41) is 0.910. The predicted octanol–water partition coefficient (Wildman–Crippen LogP) is 2.86.